The minimum Gasteiger partial charge on any atom is -0.318 e. The Balaban J connectivity index is 1.75. The van der Waals surface area contributed by atoms with E-state index in [1.54, 1.807) is 0 Å². The zero-order valence-electron chi connectivity index (χ0n) is 14.1. The summed E-state index contributed by atoms with van der Waals surface area (Å²) in [5.74, 6) is 0. The van der Waals surface area contributed by atoms with Crippen LogP contribution in [0.1, 0.15) is 22.5 Å². The number of rotatable bonds is 5. The average Bonchev–Trinajstić information content (AvgIpc) is 2.87. The van der Waals surface area contributed by atoms with Crippen molar-refractivity contribution in [2.45, 2.75) is 20.4 Å². The lowest BCUT2D eigenvalue weighted by molar-refractivity contribution is 0.748. The zero-order chi connectivity index (χ0) is 17.8. The predicted octanol–water partition coefficient (Wildman–Crippen LogP) is 5.52. The number of aryl methyl sites for hydroxylation is 1. The minimum atomic E-state index is 0.587. The van der Waals surface area contributed by atoms with Gasteiger partial charge in [0.2, 0.25) is 0 Å². The van der Waals surface area contributed by atoms with E-state index < -0.39 is 0 Å². The zero-order valence-corrected chi connectivity index (χ0v) is 15.6. The van der Waals surface area contributed by atoms with Crippen LogP contribution >= 0.6 is 23.2 Å². The van der Waals surface area contributed by atoms with Gasteiger partial charge in [-0.25, -0.2) is 0 Å². The van der Waals surface area contributed by atoms with Gasteiger partial charge >= 0.3 is 0 Å². The SMILES string of the molecule is Cc1cc(/C=N\NCc2ccccc2Cl)c(C)n1-c1cccc(Cl)c1. The Labute approximate surface area is 157 Å². The molecule has 0 radical (unpaired) electrons. The lowest BCUT2D eigenvalue weighted by Crippen LogP contribution is -2.06. The second kappa shape index (κ2) is 7.77. The lowest BCUT2D eigenvalue weighted by Gasteiger charge is -2.09. The van der Waals surface area contributed by atoms with Crippen LogP contribution in [0.3, 0.4) is 0 Å². The highest BCUT2D eigenvalue weighted by Gasteiger charge is 2.09. The van der Waals surface area contributed by atoms with Crippen LogP contribution in [0.5, 0.6) is 0 Å². The van der Waals surface area contributed by atoms with Crippen molar-refractivity contribution in [2.75, 3.05) is 0 Å². The van der Waals surface area contributed by atoms with Crippen LogP contribution in [0.25, 0.3) is 5.69 Å². The first kappa shape index (κ1) is 17.6. The Kier molecular flexibility index (Phi) is 5.47. The molecule has 3 rings (SSSR count). The molecule has 0 aliphatic heterocycles. The summed E-state index contributed by atoms with van der Waals surface area (Å²) >= 11 is 12.3. The summed E-state index contributed by atoms with van der Waals surface area (Å²) in [4.78, 5) is 0. The predicted molar refractivity (Wildman–Crippen MR) is 106 cm³/mol. The molecule has 0 bridgehead atoms. The minimum absolute atomic E-state index is 0.587. The van der Waals surface area contributed by atoms with E-state index in [-0.39, 0.29) is 0 Å². The van der Waals surface area contributed by atoms with Crippen LogP contribution < -0.4 is 5.43 Å². The summed E-state index contributed by atoms with van der Waals surface area (Å²) in [6, 6.07) is 17.7. The summed E-state index contributed by atoms with van der Waals surface area (Å²) in [7, 11) is 0. The van der Waals surface area contributed by atoms with E-state index in [4.69, 9.17) is 23.2 Å². The van der Waals surface area contributed by atoms with Crippen LogP contribution in [0, 0.1) is 13.8 Å². The molecule has 0 atom stereocenters. The number of nitrogens with one attached hydrogen (secondary N) is 1. The highest BCUT2D eigenvalue weighted by Crippen LogP contribution is 2.22. The first-order valence-electron chi connectivity index (χ1n) is 8.00. The van der Waals surface area contributed by atoms with E-state index in [9.17, 15) is 0 Å². The maximum atomic E-state index is 6.14. The number of benzene rings is 2. The van der Waals surface area contributed by atoms with Gasteiger partial charge in [-0.05, 0) is 49.7 Å². The average molecular weight is 372 g/mol. The normalized spacial score (nSPS) is 11.2. The molecule has 3 nitrogen and oxygen atoms in total. The summed E-state index contributed by atoms with van der Waals surface area (Å²) in [5, 5.41) is 5.80. The summed E-state index contributed by atoms with van der Waals surface area (Å²) in [5.41, 5.74) is 8.42. The molecule has 1 aromatic heterocycles. The van der Waals surface area contributed by atoms with Gasteiger partial charge in [-0.3, -0.25) is 0 Å². The molecule has 0 amide bonds. The van der Waals surface area contributed by atoms with E-state index >= 15 is 0 Å². The van der Waals surface area contributed by atoms with E-state index in [2.05, 4.69) is 35.0 Å². The fourth-order valence-corrected chi connectivity index (χ4v) is 3.21. The Hall–Kier alpha value is -2.23. The number of hydrogen-bond donors (Lipinski definition) is 1. The highest BCUT2D eigenvalue weighted by atomic mass is 35.5. The molecule has 2 aromatic carbocycles. The topological polar surface area (TPSA) is 29.3 Å². The van der Waals surface area contributed by atoms with Crippen molar-refractivity contribution in [3.05, 3.63) is 87.2 Å². The van der Waals surface area contributed by atoms with Gasteiger partial charge in [-0.15, -0.1) is 0 Å². The van der Waals surface area contributed by atoms with Crippen molar-refractivity contribution >= 4 is 29.4 Å². The molecule has 0 unspecified atom stereocenters. The fourth-order valence-electron chi connectivity index (χ4n) is 2.82. The molecule has 0 saturated carbocycles. The molecule has 128 valence electrons. The maximum Gasteiger partial charge on any atom is 0.0594 e. The third-order valence-corrected chi connectivity index (χ3v) is 4.66. The molecule has 1 N–H and O–H groups in total. The lowest BCUT2D eigenvalue weighted by atomic mass is 10.2. The molecule has 1 heterocycles. The van der Waals surface area contributed by atoms with Gasteiger partial charge in [0.1, 0.15) is 0 Å². The van der Waals surface area contributed by atoms with Gasteiger partial charge in [0.25, 0.3) is 0 Å². The van der Waals surface area contributed by atoms with Gasteiger partial charge in [-0.2, -0.15) is 5.10 Å². The van der Waals surface area contributed by atoms with Crippen LogP contribution in [0.4, 0.5) is 0 Å². The van der Waals surface area contributed by atoms with Crippen LogP contribution in [0.2, 0.25) is 10.0 Å². The highest BCUT2D eigenvalue weighted by molar-refractivity contribution is 6.31. The van der Waals surface area contributed by atoms with Crippen molar-refractivity contribution in [2.24, 2.45) is 5.10 Å². The van der Waals surface area contributed by atoms with Gasteiger partial charge in [-0.1, -0.05) is 47.5 Å². The summed E-state index contributed by atoms with van der Waals surface area (Å²) < 4.78 is 2.17. The Morgan fingerprint density at radius 2 is 1.84 bits per heavy atom. The quantitative estimate of drug-likeness (QED) is 0.463. The van der Waals surface area contributed by atoms with Crippen molar-refractivity contribution in [1.29, 1.82) is 0 Å². The first-order chi connectivity index (χ1) is 12.1. The van der Waals surface area contributed by atoms with Gasteiger partial charge < -0.3 is 9.99 Å². The molecule has 0 aliphatic rings. The third-order valence-electron chi connectivity index (χ3n) is 4.06. The first-order valence-corrected chi connectivity index (χ1v) is 8.76. The Morgan fingerprint density at radius 3 is 2.60 bits per heavy atom. The molecular formula is C20H19Cl2N3. The van der Waals surface area contributed by atoms with Crippen LogP contribution in [-0.2, 0) is 6.54 Å². The van der Waals surface area contributed by atoms with Gasteiger partial charge in [0.05, 0.1) is 12.8 Å². The maximum absolute atomic E-state index is 6.14. The standard InChI is InChI=1S/C20H19Cl2N3/c1-14-10-17(13-24-23-12-16-6-3-4-9-20(16)22)15(2)25(14)19-8-5-7-18(21)11-19/h3-11,13,23H,12H2,1-2H3/b24-13-. The largest absolute Gasteiger partial charge is 0.318 e. The fraction of sp³-hybridized carbons (Fsp3) is 0.150. The molecule has 0 spiro atoms. The van der Waals surface area contributed by atoms with E-state index in [1.807, 2.05) is 54.7 Å². The summed E-state index contributed by atoms with van der Waals surface area (Å²) in [6.07, 6.45) is 1.83. The number of nitrogens with zero attached hydrogens (tertiary/aromatic N) is 2. The number of hydrogen-bond acceptors (Lipinski definition) is 2. The third kappa shape index (κ3) is 4.06. The molecule has 25 heavy (non-hydrogen) atoms. The van der Waals surface area contributed by atoms with E-state index in [1.165, 1.54) is 0 Å². The Morgan fingerprint density at radius 1 is 1.04 bits per heavy atom. The molecule has 0 fully saturated rings. The van der Waals surface area contributed by atoms with Crippen LogP contribution in [0.15, 0.2) is 59.7 Å². The second-order valence-electron chi connectivity index (χ2n) is 5.83. The molecule has 0 aliphatic carbocycles. The molecule has 0 saturated heterocycles. The number of hydrazone groups is 1. The second-order valence-corrected chi connectivity index (χ2v) is 6.67. The molecule has 3 aromatic rings. The molecule has 5 heteroatoms. The van der Waals surface area contributed by atoms with Crippen LogP contribution in [-0.4, -0.2) is 10.8 Å². The van der Waals surface area contributed by atoms with E-state index in [0.29, 0.717) is 6.54 Å². The number of aromatic nitrogens is 1. The smallest absolute Gasteiger partial charge is 0.0594 e. The van der Waals surface area contributed by atoms with Crippen molar-refractivity contribution in [3.63, 3.8) is 0 Å². The van der Waals surface area contributed by atoms with Crippen molar-refractivity contribution in [3.8, 4) is 5.69 Å². The molecular weight excluding hydrogens is 353 g/mol. The van der Waals surface area contributed by atoms with E-state index in [0.717, 1.165) is 38.2 Å². The monoisotopic (exact) mass is 371 g/mol. The van der Waals surface area contributed by atoms with Gasteiger partial charge in [0, 0.05) is 32.7 Å². The summed E-state index contributed by atoms with van der Waals surface area (Å²) in [6.45, 7) is 4.73. The Bertz CT molecular complexity index is 913. The van der Waals surface area contributed by atoms with Gasteiger partial charge in [0.15, 0.2) is 0 Å². The van der Waals surface area contributed by atoms with Crippen molar-refractivity contribution in [1.82, 2.24) is 9.99 Å². The van der Waals surface area contributed by atoms with Crippen molar-refractivity contribution < 1.29 is 0 Å². The number of halogens is 2.